The highest BCUT2D eigenvalue weighted by Gasteiger charge is 2.34. The van der Waals surface area contributed by atoms with Gasteiger partial charge in [0.1, 0.15) is 5.69 Å². The number of likely N-dealkylation sites (tertiary alicyclic amines) is 1. The number of H-pyrrole nitrogens is 1. The highest BCUT2D eigenvalue weighted by Crippen LogP contribution is 2.37. The molecule has 1 atom stereocenters. The summed E-state index contributed by atoms with van der Waals surface area (Å²) in [4.78, 5) is 46.1. The van der Waals surface area contributed by atoms with Crippen molar-refractivity contribution < 1.29 is 14.3 Å². The molecular weight excluding hydrogens is 490 g/mol. The normalized spacial score (nSPS) is 18.7. The molecule has 0 radical (unpaired) electrons. The fourth-order valence-electron chi connectivity index (χ4n) is 5.69. The minimum absolute atomic E-state index is 0.105. The lowest BCUT2D eigenvalue weighted by atomic mass is 9.91. The summed E-state index contributed by atoms with van der Waals surface area (Å²) in [6.07, 6.45) is 2.86. The maximum Gasteiger partial charge on any atom is 0.309 e. The van der Waals surface area contributed by atoms with Crippen molar-refractivity contribution in [1.82, 2.24) is 9.88 Å². The molecule has 1 unspecified atom stereocenters. The van der Waals surface area contributed by atoms with Crippen LogP contribution in [0.2, 0.25) is 5.02 Å². The molecule has 0 bridgehead atoms. The van der Waals surface area contributed by atoms with Gasteiger partial charge in [-0.05, 0) is 56.4 Å². The number of carbonyl (C=O) groups excluding carboxylic acids is 2. The van der Waals surface area contributed by atoms with Crippen LogP contribution in [0.25, 0.3) is 22.0 Å². The Morgan fingerprint density at radius 2 is 1.78 bits per heavy atom. The summed E-state index contributed by atoms with van der Waals surface area (Å²) >= 11 is 6.37. The Balaban J connectivity index is 1.42. The standard InChI is InChI=1S/C29H32ClN3O4/c1-2-37-29(36)20-12-15-32(16-13-20)28(35)21-9-6-14-33(18-21)26-25(19-7-4-3-5-8-19)23-17-22(30)10-11-24(23)31-27(26)34/h3-5,7-8,10-11,17,20-21H,2,6,9,12-16,18H2,1H3,(H,31,34). The van der Waals surface area contributed by atoms with Crippen LogP contribution in [-0.4, -0.2) is 54.5 Å². The van der Waals surface area contributed by atoms with Crippen molar-refractivity contribution >= 4 is 40.1 Å². The van der Waals surface area contributed by atoms with Gasteiger partial charge in [0.05, 0.1) is 18.4 Å². The number of fused-ring (bicyclic) bond motifs is 1. The Morgan fingerprint density at radius 1 is 1.03 bits per heavy atom. The average molecular weight is 522 g/mol. The molecule has 1 aromatic heterocycles. The van der Waals surface area contributed by atoms with Gasteiger partial charge in [-0.25, -0.2) is 0 Å². The van der Waals surface area contributed by atoms with Crippen LogP contribution in [0.4, 0.5) is 5.69 Å². The number of pyridine rings is 1. The lowest BCUT2D eigenvalue weighted by molar-refractivity contribution is -0.151. The zero-order valence-electron chi connectivity index (χ0n) is 21.0. The van der Waals surface area contributed by atoms with Crippen LogP contribution < -0.4 is 10.5 Å². The molecule has 1 amide bonds. The van der Waals surface area contributed by atoms with Gasteiger partial charge in [0.25, 0.3) is 5.56 Å². The molecule has 3 aromatic rings. The number of hydrogen-bond acceptors (Lipinski definition) is 5. The molecule has 0 spiro atoms. The quantitative estimate of drug-likeness (QED) is 0.484. The van der Waals surface area contributed by atoms with E-state index in [1.165, 1.54) is 0 Å². The van der Waals surface area contributed by atoms with E-state index in [1.807, 2.05) is 54.3 Å². The summed E-state index contributed by atoms with van der Waals surface area (Å²) in [5.41, 5.74) is 2.91. The Kier molecular flexibility index (Phi) is 7.51. The second kappa shape index (κ2) is 11.0. The Hall–Kier alpha value is -3.32. The van der Waals surface area contributed by atoms with Crippen LogP contribution in [0.5, 0.6) is 0 Å². The van der Waals surface area contributed by atoms with Crippen LogP contribution in [0.1, 0.15) is 32.6 Å². The van der Waals surface area contributed by atoms with Gasteiger partial charge in [-0.1, -0.05) is 41.9 Å². The lowest BCUT2D eigenvalue weighted by Gasteiger charge is -2.38. The van der Waals surface area contributed by atoms with E-state index in [-0.39, 0.29) is 29.3 Å². The van der Waals surface area contributed by atoms with Crippen molar-refractivity contribution in [3.8, 4) is 11.1 Å². The van der Waals surface area contributed by atoms with Gasteiger partial charge in [0, 0.05) is 47.7 Å². The maximum absolute atomic E-state index is 13.5. The molecule has 7 nitrogen and oxygen atoms in total. The van der Waals surface area contributed by atoms with Crippen LogP contribution >= 0.6 is 11.6 Å². The second-order valence-corrected chi connectivity index (χ2v) is 10.3. The molecule has 8 heteroatoms. The number of esters is 1. The molecular formula is C29H32ClN3O4. The molecule has 0 saturated carbocycles. The van der Waals surface area contributed by atoms with Crippen molar-refractivity contribution in [2.24, 2.45) is 11.8 Å². The number of benzene rings is 2. The molecule has 194 valence electrons. The summed E-state index contributed by atoms with van der Waals surface area (Å²) in [5, 5.41) is 1.48. The van der Waals surface area contributed by atoms with Crippen LogP contribution in [0.3, 0.4) is 0 Å². The first kappa shape index (κ1) is 25.3. The van der Waals surface area contributed by atoms with Crippen LogP contribution in [0.15, 0.2) is 53.3 Å². The number of anilines is 1. The number of hydrogen-bond donors (Lipinski definition) is 1. The topological polar surface area (TPSA) is 82.7 Å². The van der Waals surface area contributed by atoms with Crippen molar-refractivity contribution in [3.63, 3.8) is 0 Å². The van der Waals surface area contributed by atoms with E-state index in [0.717, 1.165) is 34.9 Å². The number of piperidine rings is 2. The summed E-state index contributed by atoms with van der Waals surface area (Å²) in [6, 6.07) is 15.4. The molecule has 0 aliphatic carbocycles. The number of rotatable bonds is 5. The number of aromatic nitrogens is 1. The fourth-order valence-corrected chi connectivity index (χ4v) is 5.86. The summed E-state index contributed by atoms with van der Waals surface area (Å²) in [6.45, 7) is 4.48. The van der Waals surface area contributed by atoms with E-state index < -0.39 is 0 Å². The Bertz CT molecular complexity index is 1350. The minimum atomic E-state index is -0.203. The molecule has 2 saturated heterocycles. The Morgan fingerprint density at radius 3 is 2.51 bits per heavy atom. The van der Waals surface area contributed by atoms with Crippen molar-refractivity contribution in [3.05, 3.63) is 63.9 Å². The van der Waals surface area contributed by atoms with Gasteiger partial charge in [0.15, 0.2) is 0 Å². The predicted molar refractivity (Wildman–Crippen MR) is 146 cm³/mol. The third kappa shape index (κ3) is 5.23. The van der Waals surface area contributed by atoms with Crippen LogP contribution in [0, 0.1) is 11.8 Å². The highest BCUT2D eigenvalue weighted by atomic mass is 35.5. The number of carbonyl (C=O) groups is 2. The molecule has 2 aliphatic heterocycles. The van der Waals surface area contributed by atoms with Crippen molar-refractivity contribution in [1.29, 1.82) is 0 Å². The van der Waals surface area contributed by atoms with E-state index in [9.17, 15) is 14.4 Å². The Labute approximate surface area is 221 Å². The van der Waals surface area contributed by atoms with E-state index in [4.69, 9.17) is 16.3 Å². The summed E-state index contributed by atoms with van der Waals surface area (Å²) < 4.78 is 5.16. The predicted octanol–water partition coefficient (Wildman–Crippen LogP) is 4.87. The first-order chi connectivity index (χ1) is 18.0. The molecule has 5 rings (SSSR count). The van der Waals surface area contributed by atoms with E-state index in [0.29, 0.717) is 56.3 Å². The molecule has 37 heavy (non-hydrogen) atoms. The van der Waals surface area contributed by atoms with Crippen molar-refractivity contribution in [2.45, 2.75) is 32.6 Å². The van der Waals surface area contributed by atoms with Crippen LogP contribution in [-0.2, 0) is 14.3 Å². The molecule has 3 heterocycles. The van der Waals surface area contributed by atoms with Gasteiger partial charge in [0.2, 0.25) is 5.91 Å². The number of aromatic amines is 1. The smallest absolute Gasteiger partial charge is 0.309 e. The number of amides is 1. The van der Waals surface area contributed by atoms with E-state index >= 15 is 0 Å². The largest absolute Gasteiger partial charge is 0.466 e. The first-order valence-corrected chi connectivity index (χ1v) is 13.5. The molecule has 2 fully saturated rings. The number of ether oxygens (including phenoxy) is 1. The molecule has 2 aromatic carbocycles. The second-order valence-electron chi connectivity index (χ2n) is 9.87. The van der Waals surface area contributed by atoms with Gasteiger partial charge in [-0.15, -0.1) is 0 Å². The van der Waals surface area contributed by atoms with Gasteiger partial charge >= 0.3 is 5.97 Å². The molecule has 2 aliphatic rings. The van der Waals surface area contributed by atoms with Gasteiger partial charge < -0.3 is 19.5 Å². The minimum Gasteiger partial charge on any atom is -0.466 e. The fraction of sp³-hybridized carbons (Fsp3) is 0.414. The molecule has 1 N–H and O–H groups in total. The summed E-state index contributed by atoms with van der Waals surface area (Å²) in [7, 11) is 0. The van der Waals surface area contributed by atoms with E-state index in [1.54, 1.807) is 6.07 Å². The third-order valence-electron chi connectivity index (χ3n) is 7.53. The number of halogens is 1. The SMILES string of the molecule is CCOC(=O)C1CCN(C(=O)C2CCCN(c3c(-c4ccccc4)c4cc(Cl)ccc4[nH]c3=O)C2)CC1. The summed E-state index contributed by atoms with van der Waals surface area (Å²) in [5.74, 6) is -0.398. The first-order valence-electron chi connectivity index (χ1n) is 13.1. The van der Waals surface area contributed by atoms with Gasteiger partial charge in [-0.3, -0.25) is 14.4 Å². The monoisotopic (exact) mass is 521 g/mol. The number of nitrogens with one attached hydrogen (secondary N) is 1. The zero-order chi connectivity index (χ0) is 25.9. The lowest BCUT2D eigenvalue weighted by Crippen LogP contribution is -2.48. The van der Waals surface area contributed by atoms with E-state index in [2.05, 4.69) is 9.88 Å². The highest BCUT2D eigenvalue weighted by molar-refractivity contribution is 6.31. The van der Waals surface area contributed by atoms with Gasteiger partial charge in [-0.2, -0.15) is 0 Å². The maximum atomic E-state index is 13.5. The zero-order valence-corrected chi connectivity index (χ0v) is 21.8. The number of nitrogens with zero attached hydrogens (tertiary/aromatic N) is 2. The average Bonchev–Trinajstić information content (AvgIpc) is 2.93. The third-order valence-corrected chi connectivity index (χ3v) is 7.76. The van der Waals surface area contributed by atoms with Crippen molar-refractivity contribution in [2.75, 3.05) is 37.7 Å².